The summed E-state index contributed by atoms with van der Waals surface area (Å²) in [5.41, 5.74) is 11.1. The van der Waals surface area contributed by atoms with Gasteiger partial charge in [-0.25, -0.2) is 22.4 Å². The summed E-state index contributed by atoms with van der Waals surface area (Å²) in [5.74, 6) is -9.56. The predicted octanol–water partition coefficient (Wildman–Crippen LogP) is 3.47. The van der Waals surface area contributed by atoms with E-state index in [0.717, 1.165) is 19.3 Å². The van der Waals surface area contributed by atoms with Crippen molar-refractivity contribution in [2.75, 3.05) is 13.2 Å². The number of hydrogen-bond acceptors (Lipinski definition) is 5. The van der Waals surface area contributed by atoms with E-state index in [1.165, 1.54) is 0 Å². The number of halogens is 4. The van der Waals surface area contributed by atoms with Crippen molar-refractivity contribution in [3.05, 3.63) is 51.4 Å². The summed E-state index contributed by atoms with van der Waals surface area (Å²) in [4.78, 5) is 25.9. The van der Waals surface area contributed by atoms with E-state index < -0.39 is 59.1 Å². The van der Waals surface area contributed by atoms with Gasteiger partial charge in [-0.15, -0.1) is 0 Å². The molecule has 0 aliphatic heterocycles. The third kappa shape index (κ3) is 6.09. The Labute approximate surface area is 174 Å². The number of benzene rings is 1. The van der Waals surface area contributed by atoms with Gasteiger partial charge in [-0.05, 0) is 24.8 Å². The molecule has 2 atom stereocenters. The molecular formula is C18H20F4N6O3. The number of allylic oxidation sites excluding steroid dienone is 1. The van der Waals surface area contributed by atoms with Crippen LogP contribution in [0.5, 0.6) is 0 Å². The van der Waals surface area contributed by atoms with E-state index in [9.17, 15) is 27.2 Å². The minimum atomic E-state index is -2.02. The SMILES string of the molecule is [N-]=[N+]=Nc1c(F)c(F)c(C(=O)NCCOC(=O)N[C@@H]2CCCC/C=C/[C@H]2N)c(F)c1F. The summed E-state index contributed by atoms with van der Waals surface area (Å²) >= 11 is 0. The normalized spacial score (nSPS) is 19.4. The summed E-state index contributed by atoms with van der Waals surface area (Å²) < 4.78 is 60.2. The lowest BCUT2D eigenvalue weighted by Crippen LogP contribution is -2.47. The number of nitrogens with one attached hydrogen (secondary N) is 2. The Hall–Kier alpha value is -3.31. The Bertz CT molecular complexity index is 891. The fourth-order valence-electron chi connectivity index (χ4n) is 2.92. The molecule has 0 fully saturated rings. The van der Waals surface area contributed by atoms with Gasteiger partial charge in [0.25, 0.3) is 5.91 Å². The van der Waals surface area contributed by atoms with Gasteiger partial charge >= 0.3 is 6.09 Å². The zero-order valence-electron chi connectivity index (χ0n) is 16.2. The number of hydrogen-bond donors (Lipinski definition) is 3. The smallest absolute Gasteiger partial charge is 0.407 e. The highest BCUT2D eigenvalue weighted by atomic mass is 19.2. The molecule has 31 heavy (non-hydrogen) atoms. The second-order valence-corrected chi connectivity index (χ2v) is 6.60. The molecule has 0 bridgehead atoms. The van der Waals surface area contributed by atoms with Gasteiger partial charge in [-0.1, -0.05) is 23.7 Å². The second kappa shape index (κ2) is 11.2. The molecule has 0 heterocycles. The van der Waals surface area contributed by atoms with Crippen molar-refractivity contribution in [2.24, 2.45) is 10.8 Å². The monoisotopic (exact) mass is 444 g/mol. The molecule has 4 N–H and O–H groups in total. The van der Waals surface area contributed by atoms with Crippen LogP contribution in [-0.2, 0) is 4.74 Å². The van der Waals surface area contributed by atoms with Gasteiger partial charge in [0.2, 0.25) is 0 Å². The van der Waals surface area contributed by atoms with Crippen LogP contribution in [0.15, 0.2) is 17.3 Å². The minimum Gasteiger partial charge on any atom is -0.448 e. The van der Waals surface area contributed by atoms with Gasteiger partial charge in [0.05, 0.1) is 12.6 Å². The maximum Gasteiger partial charge on any atom is 0.407 e. The number of amides is 2. The van der Waals surface area contributed by atoms with Crippen molar-refractivity contribution in [3.8, 4) is 0 Å². The van der Waals surface area contributed by atoms with E-state index >= 15 is 0 Å². The van der Waals surface area contributed by atoms with Gasteiger partial charge in [0, 0.05) is 11.0 Å². The van der Waals surface area contributed by atoms with Crippen LogP contribution >= 0.6 is 0 Å². The Kier molecular flexibility index (Phi) is 8.64. The Morgan fingerprint density at radius 3 is 2.52 bits per heavy atom. The maximum absolute atomic E-state index is 13.9. The molecule has 13 heteroatoms. The van der Waals surface area contributed by atoms with Crippen molar-refractivity contribution in [1.82, 2.24) is 10.6 Å². The summed E-state index contributed by atoms with van der Waals surface area (Å²) in [6, 6.07) is -0.737. The standard InChI is InChI=1S/C18H20F4N6O3/c19-12-11(13(20)15(22)16(14(12)21)27-28-24)17(29)25-7-8-31-18(30)26-10-6-4-2-1-3-5-9(10)23/h3,5,9-10H,1-2,4,6-8,23H2,(H,25,29)(H,26,30)/b5-3+/t9-,10-/m1/s1. The first-order chi connectivity index (χ1) is 14.8. The van der Waals surface area contributed by atoms with Gasteiger partial charge in [0.1, 0.15) is 17.9 Å². The largest absolute Gasteiger partial charge is 0.448 e. The molecule has 168 valence electrons. The first-order valence-corrected chi connectivity index (χ1v) is 9.32. The van der Waals surface area contributed by atoms with Crippen LogP contribution in [0.1, 0.15) is 36.0 Å². The van der Waals surface area contributed by atoms with Crippen LogP contribution in [0.3, 0.4) is 0 Å². The molecule has 1 aromatic carbocycles. The molecule has 1 aliphatic rings. The van der Waals surface area contributed by atoms with Gasteiger partial charge < -0.3 is 21.1 Å². The first-order valence-electron chi connectivity index (χ1n) is 9.32. The third-order valence-corrected chi connectivity index (χ3v) is 4.49. The Morgan fingerprint density at radius 2 is 1.87 bits per heavy atom. The molecule has 0 saturated carbocycles. The predicted molar refractivity (Wildman–Crippen MR) is 101 cm³/mol. The minimum absolute atomic E-state index is 0.345. The maximum atomic E-state index is 13.9. The van der Waals surface area contributed by atoms with Crippen molar-refractivity contribution >= 4 is 17.7 Å². The molecular weight excluding hydrogens is 424 g/mol. The summed E-state index contributed by atoms with van der Waals surface area (Å²) in [6.07, 6.45) is 6.30. The number of nitrogens with two attached hydrogens (primary N) is 1. The summed E-state index contributed by atoms with van der Waals surface area (Å²) in [7, 11) is 0. The van der Waals surface area contributed by atoms with Crippen LogP contribution < -0.4 is 16.4 Å². The lowest BCUT2D eigenvalue weighted by Gasteiger charge is -2.24. The average molecular weight is 444 g/mol. The van der Waals surface area contributed by atoms with E-state index in [4.69, 9.17) is 16.0 Å². The molecule has 0 unspecified atom stereocenters. The van der Waals surface area contributed by atoms with E-state index in [2.05, 4.69) is 15.3 Å². The number of azide groups is 1. The van der Waals surface area contributed by atoms with E-state index in [-0.39, 0.29) is 12.6 Å². The number of nitrogens with zero attached hydrogens (tertiary/aromatic N) is 3. The van der Waals surface area contributed by atoms with Crippen molar-refractivity contribution < 1.29 is 31.9 Å². The lowest BCUT2D eigenvalue weighted by atomic mass is 9.98. The highest BCUT2D eigenvalue weighted by Gasteiger charge is 2.29. The molecule has 9 nitrogen and oxygen atoms in total. The molecule has 2 rings (SSSR count). The molecule has 1 aromatic rings. The first kappa shape index (κ1) is 24.0. The van der Waals surface area contributed by atoms with Gasteiger partial charge in [-0.2, -0.15) is 0 Å². The van der Waals surface area contributed by atoms with Crippen LogP contribution in [0.2, 0.25) is 0 Å². The number of ether oxygens (including phenoxy) is 1. The molecule has 2 amide bonds. The lowest BCUT2D eigenvalue weighted by molar-refractivity contribution is 0.0921. The van der Waals surface area contributed by atoms with E-state index in [1.54, 1.807) is 6.08 Å². The van der Waals surface area contributed by atoms with Crippen LogP contribution in [-0.4, -0.2) is 37.2 Å². The van der Waals surface area contributed by atoms with Gasteiger partial charge in [-0.3, -0.25) is 4.79 Å². The number of carbonyl (C=O) groups is 2. The number of alkyl carbamates (subject to hydrolysis) is 1. The molecule has 0 aromatic heterocycles. The highest BCUT2D eigenvalue weighted by Crippen LogP contribution is 2.30. The fraction of sp³-hybridized carbons (Fsp3) is 0.444. The second-order valence-electron chi connectivity index (χ2n) is 6.60. The van der Waals surface area contributed by atoms with E-state index in [1.807, 2.05) is 11.4 Å². The van der Waals surface area contributed by atoms with Crippen molar-refractivity contribution in [3.63, 3.8) is 0 Å². The van der Waals surface area contributed by atoms with Crippen LogP contribution in [0, 0.1) is 23.3 Å². The third-order valence-electron chi connectivity index (χ3n) is 4.49. The quantitative estimate of drug-likeness (QED) is 0.117. The van der Waals surface area contributed by atoms with Crippen LogP contribution in [0.25, 0.3) is 10.4 Å². The number of carbonyl (C=O) groups excluding carboxylic acids is 2. The molecule has 0 saturated heterocycles. The summed E-state index contributed by atoms with van der Waals surface area (Å²) in [6.45, 7) is -0.788. The van der Waals surface area contributed by atoms with Crippen molar-refractivity contribution in [1.29, 1.82) is 0 Å². The zero-order valence-corrected chi connectivity index (χ0v) is 16.2. The highest BCUT2D eigenvalue weighted by molar-refractivity contribution is 5.95. The summed E-state index contributed by atoms with van der Waals surface area (Å²) in [5, 5.41) is 7.10. The fourth-order valence-corrected chi connectivity index (χ4v) is 2.92. The number of rotatable bonds is 6. The topological polar surface area (TPSA) is 142 Å². The Morgan fingerprint density at radius 1 is 1.19 bits per heavy atom. The van der Waals surface area contributed by atoms with Crippen molar-refractivity contribution in [2.45, 2.75) is 37.8 Å². The average Bonchev–Trinajstić information content (AvgIpc) is 2.73. The van der Waals surface area contributed by atoms with Gasteiger partial charge in [0.15, 0.2) is 23.3 Å². The van der Waals surface area contributed by atoms with Crippen LogP contribution in [0.4, 0.5) is 28.0 Å². The Balaban J connectivity index is 1.91. The molecule has 0 radical (unpaired) electrons. The molecule has 1 aliphatic carbocycles. The zero-order chi connectivity index (χ0) is 23.0. The van der Waals surface area contributed by atoms with E-state index in [0.29, 0.717) is 6.42 Å². The molecule has 0 spiro atoms.